The first-order valence-electron chi connectivity index (χ1n) is 8.99. The SMILES string of the molecule is COCC(=O)N(CC(=O)c1c(C)[nH]c(C(=O)OC)c1C)C1CCCCC1. The lowest BCUT2D eigenvalue weighted by molar-refractivity contribution is -0.137. The molecular formula is C19H28N2O5. The topological polar surface area (TPSA) is 88.7 Å². The molecule has 0 saturated heterocycles. The van der Waals surface area contributed by atoms with Crippen LogP contribution in [-0.4, -0.2) is 61.0 Å². The van der Waals surface area contributed by atoms with Crippen molar-refractivity contribution in [1.82, 2.24) is 9.88 Å². The third-order valence-corrected chi connectivity index (χ3v) is 5.02. The van der Waals surface area contributed by atoms with E-state index < -0.39 is 5.97 Å². The molecule has 1 aliphatic carbocycles. The highest BCUT2D eigenvalue weighted by atomic mass is 16.5. The van der Waals surface area contributed by atoms with Crippen molar-refractivity contribution < 1.29 is 23.9 Å². The summed E-state index contributed by atoms with van der Waals surface area (Å²) in [5.74, 6) is -0.863. The first-order chi connectivity index (χ1) is 12.4. The van der Waals surface area contributed by atoms with Crippen LogP contribution in [0.4, 0.5) is 0 Å². The third kappa shape index (κ3) is 4.33. The van der Waals surface area contributed by atoms with Crippen molar-refractivity contribution >= 4 is 17.7 Å². The van der Waals surface area contributed by atoms with E-state index in [2.05, 4.69) is 4.98 Å². The molecule has 26 heavy (non-hydrogen) atoms. The van der Waals surface area contributed by atoms with Crippen LogP contribution in [0, 0.1) is 13.8 Å². The minimum absolute atomic E-state index is 0.00694. The summed E-state index contributed by atoms with van der Waals surface area (Å²) in [5.41, 5.74) is 1.90. The van der Waals surface area contributed by atoms with Gasteiger partial charge in [0, 0.05) is 24.4 Å². The maximum atomic E-state index is 13.0. The van der Waals surface area contributed by atoms with Gasteiger partial charge in [0.2, 0.25) is 5.91 Å². The number of ketones is 1. The number of ether oxygens (including phenoxy) is 2. The number of aryl methyl sites for hydroxylation is 1. The molecular weight excluding hydrogens is 336 g/mol. The second-order valence-corrected chi connectivity index (χ2v) is 6.79. The monoisotopic (exact) mass is 364 g/mol. The van der Waals surface area contributed by atoms with Crippen molar-refractivity contribution in [3.8, 4) is 0 Å². The maximum absolute atomic E-state index is 13.0. The summed E-state index contributed by atoms with van der Waals surface area (Å²) in [6.07, 6.45) is 5.09. The zero-order chi connectivity index (χ0) is 19.3. The first-order valence-corrected chi connectivity index (χ1v) is 8.99. The summed E-state index contributed by atoms with van der Waals surface area (Å²) >= 11 is 0. The number of esters is 1. The third-order valence-electron chi connectivity index (χ3n) is 5.02. The zero-order valence-corrected chi connectivity index (χ0v) is 16.0. The Morgan fingerprint density at radius 3 is 2.35 bits per heavy atom. The van der Waals surface area contributed by atoms with Crippen molar-refractivity contribution in [2.45, 2.75) is 52.0 Å². The number of methoxy groups -OCH3 is 2. The molecule has 144 valence electrons. The molecule has 0 bridgehead atoms. The van der Waals surface area contributed by atoms with Crippen molar-refractivity contribution in [1.29, 1.82) is 0 Å². The van der Waals surface area contributed by atoms with Crippen LogP contribution in [0.25, 0.3) is 0 Å². The van der Waals surface area contributed by atoms with E-state index in [-0.39, 0.29) is 36.6 Å². The van der Waals surface area contributed by atoms with Gasteiger partial charge in [-0.05, 0) is 32.3 Å². The Morgan fingerprint density at radius 2 is 1.77 bits per heavy atom. The van der Waals surface area contributed by atoms with Crippen LogP contribution < -0.4 is 0 Å². The minimum Gasteiger partial charge on any atom is -0.464 e. The fourth-order valence-electron chi connectivity index (χ4n) is 3.73. The average molecular weight is 364 g/mol. The van der Waals surface area contributed by atoms with Crippen LogP contribution in [0.2, 0.25) is 0 Å². The van der Waals surface area contributed by atoms with Crippen LogP contribution in [0.5, 0.6) is 0 Å². The van der Waals surface area contributed by atoms with Gasteiger partial charge < -0.3 is 19.4 Å². The Bertz CT molecular complexity index is 674. The number of carbonyl (C=O) groups is 3. The molecule has 1 N–H and O–H groups in total. The first kappa shape index (κ1) is 20.2. The van der Waals surface area contributed by atoms with E-state index in [0.29, 0.717) is 16.8 Å². The number of rotatable bonds is 7. The number of hydrogen-bond acceptors (Lipinski definition) is 5. The molecule has 7 nitrogen and oxygen atoms in total. The van der Waals surface area contributed by atoms with Gasteiger partial charge in [0.1, 0.15) is 12.3 Å². The number of Topliss-reactive ketones (excluding diaryl/α,β-unsaturated/α-hetero) is 1. The van der Waals surface area contributed by atoms with Crippen molar-refractivity contribution in [2.24, 2.45) is 0 Å². The minimum atomic E-state index is -0.510. The molecule has 0 atom stereocenters. The normalized spacial score (nSPS) is 14.9. The van der Waals surface area contributed by atoms with Gasteiger partial charge in [0.25, 0.3) is 0 Å². The van der Waals surface area contributed by atoms with Gasteiger partial charge in [0.15, 0.2) is 5.78 Å². The van der Waals surface area contributed by atoms with Crippen molar-refractivity contribution in [2.75, 3.05) is 27.4 Å². The highest BCUT2D eigenvalue weighted by Crippen LogP contribution is 2.25. The molecule has 1 aliphatic rings. The van der Waals surface area contributed by atoms with Gasteiger partial charge in [-0.3, -0.25) is 9.59 Å². The molecule has 1 fully saturated rings. The Kier molecular flexibility index (Phi) is 6.97. The number of amides is 1. The molecule has 0 unspecified atom stereocenters. The number of aromatic amines is 1. The van der Waals surface area contributed by atoms with Crippen LogP contribution >= 0.6 is 0 Å². The van der Waals surface area contributed by atoms with E-state index in [1.165, 1.54) is 14.2 Å². The summed E-state index contributed by atoms with van der Waals surface area (Å²) in [6, 6.07) is 0.0648. The number of nitrogens with zero attached hydrogens (tertiary/aromatic N) is 1. The summed E-state index contributed by atoms with van der Waals surface area (Å²) in [6.45, 7) is 3.41. The average Bonchev–Trinajstić information content (AvgIpc) is 2.94. The predicted molar refractivity (Wildman–Crippen MR) is 96.4 cm³/mol. The van der Waals surface area contributed by atoms with Crippen LogP contribution in [0.1, 0.15) is 64.2 Å². The van der Waals surface area contributed by atoms with Crippen molar-refractivity contribution in [3.63, 3.8) is 0 Å². The molecule has 0 spiro atoms. The maximum Gasteiger partial charge on any atom is 0.354 e. The van der Waals surface area contributed by atoms with Crippen LogP contribution in [0.15, 0.2) is 0 Å². The molecule has 0 aliphatic heterocycles. The number of nitrogens with one attached hydrogen (secondary N) is 1. The van der Waals surface area contributed by atoms with E-state index in [9.17, 15) is 14.4 Å². The molecule has 0 radical (unpaired) electrons. The van der Waals surface area contributed by atoms with Gasteiger partial charge in [0.05, 0.1) is 13.7 Å². The lowest BCUT2D eigenvalue weighted by atomic mass is 9.93. The fourth-order valence-corrected chi connectivity index (χ4v) is 3.73. The second kappa shape index (κ2) is 8.98. The zero-order valence-electron chi connectivity index (χ0n) is 16.0. The molecule has 1 heterocycles. The molecule has 0 aromatic carbocycles. The van der Waals surface area contributed by atoms with Crippen LogP contribution in [0.3, 0.4) is 0 Å². The summed E-state index contributed by atoms with van der Waals surface area (Å²) < 4.78 is 9.74. The summed E-state index contributed by atoms with van der Waals surface area (Å²) in [5, 5.41) is 0. The molecule has 1 aromatic rings. The Labute approximate surface area is 154 Å². The highest BCUT2D eigenvalue weighted by Gasteiger charge is 2.30. The predicted octanol–water partition coefficient (Wildman–Crippen LogP) is 2.41. The molecule has 1 aromatic heterocycles. The lowest BCUT2D eigenvalue weighted by Crippen LogP contribution is -2.46. The highest BCUT2D eigenvalue weighted by molar-refractivity contribution is 6.04. The van der Waals surface area contributed by atoms with E-state index in [1.807, 2.05) is 0 Å². The lowest BCUT2D eigenvalue weighted by Gasteiger charge is -2.34. The van der Waals surface area contributed by atoms with Gasteiger partial charge in [-0.2, -0.15) is 0 Å². The smallest absolute Gasteiger partial charge is 0.354 e. The molecule has 2 rings (SSSR count). The Hall–Kier alpha value is -2.15. The largest absolute Gasteiger partial charge is 0.464 e. The quantitative estimate of drug-likeness (QED) is 0.593. The van der Waals surface area contributed by atoms with E-state index in [1.54, 1.807) is 18.7 Å². The molecule has 1 amide bonds. The van der Waals surface area contributed by atoms with E-state index >= 15 is 0 Å². The number of hydrogen-bond donors (Lipinski definition) is 1. The van der Waals surface area contributed by atoms with Gasteiger partial charge in [-0.1, -0.05) is 19.3 Å². The van der Waals surface area contributed by atoms with Gasteiger partial charge in [-0.25, -0.2) is 4.79 Å². The van der Waals surface area contributed by atoms with E-state index in [0.717, 1.165) is 32.1 Å². The Morgan fingerprint density at radius 1 is 1.12 bits per heavy atom. The number of carbonyl (C=O) groups excluding carboxylic acids is 3. The molecule has 7 heteroatoms. The van der Waals surface area contributed by atoms with Gasteiger partial charge >= 0.3 is 5.97 Å². The second-order valence-electron chi connectivity index (χ2n) is 6.79. The number of H-pyrrole nitrogens is 1. The summed E-state index contributed by atoms with van der Waals surface area (Å²) in [7, 11) is 2.77. The van der Waals surface area contributed by atoms with Crippen molar-refractivity contribution in [3.05, 3.63) is 22.5 Å². The Balaban J connectivity index is 2.25. The number of aromatic nitrogens is 1. The molecule has 1 saturated carbocycles. The van der Waals surface area contributed by atoms with Crippen LogP contribution in [-0.2, 0) is 14.3 Å². The van der Waals surface area contributed by atoms with E-state index in [4.69, 9.17) is 9.47 Å². The summed E-state index contributed by atoms with van der Waals surface area (Å²) in [4.78, 5) is 41.9. The van der Waals surface area contributed by atoms with Gasteiger partial charge in [-0.15, -0.1) is 0 Å². The fraction of sp³-hybridized carbons (Fsp3) is 0.632. The standard InChI is InChI=1S/C19H28N2O5/c1-12-17(13(2)20-18(12)19(24)26-4)15(22)10-21(16(23)11-25-3)14-8-6-5-7-9-14/h14,20H,5-11H2,1-4H3.